The lowest BCUT2D eigenvalue weighted by Crippen LogP contribution is -1.97. The molecule has 4 rings (SSSR count). The van der Waals surface area contributed by atoms with Gasteiger partial charge >= 0.3 is 5.97 Å². The summed E-state index contributed by atoms with van der Waals surface area (Å²) in [5, 5.41) is 8.83. The molecule has 0 fully saturated rings. The molecule has 0 amide bonds. The summed E-state index contributed by atoms with van der Waals surface area (Å²) < 4.78 is 13.4. The Morgan fingerprint density at radius 3 is 2.86 bits per heavy atom. The number of halogens is 1. The molecule has 6 nitrogen and oxygen atoms in total. The number of hydrogen-bond donors (Lipinski definition) is 1. The van der Waals surface area contributed by atoms with Crippen molar-refractivity contribution in [3.8, 4) is 22.8 Å². The van der Waals surface area contributed by atoms with Crippen LogP contribution in [0.1, 0.15) is 4.88 Å². The highest BCUT2D eigenvalue weighted by Gasteiger charge is 2.19. The number of imidazole rings is 1. The second kappa shape index (κ2) is 4.99. The fourth-order valence-electron chi connectivity index (χ4n) is 2.32. The number of carboxylic acids is 1. The Bertz CT molecular complexity index is 870. The zero-order valence-corrected chi connectivity index (χ0v) is 13.5. The molecule has 3 heterocycles. The van der Waals surface area contributed by atoms with Crippen molar-refractivity contribution in [3.05, 3.63) is 33.9 Å². The van der Waals surface area contributed by atoms with Crippen LogP contribution in [0.2, 0.25) is 0 Å². The molecule has 3 aromatic rings. The van der Waals surface area contributed by atoms with Gasteiger partial charge in [0.2, 0.25) is 6.79 Å². The number of nitrogens with zero attached hydrogens (tertiary/aromatic N) is 2. The molecule has 8 heteroatoms. The summed E-state index contributed by atoms with van der Waals surface area (Å²) in [4.78, 5) is 16.8. The Morgan fingerprint density at radius 2 is 2.14 bits per heavy atom. The molecule has 1 aliphatic heterocycles. The van der Waals surface area contributed by atoms with Gasteiger partial charge in [0.15, 0.2) is 16.5 Å². The zero-order chi connectivity index (χ0) is 15.3. The summed E-state index contributed by atoms with van der Waals surface area (Å²) >= 11 is 4.89. The summed E-state index contributed by atoms with van der Waals surface area (Å²) in [6.45, 7) is 0.224. The first kappa shape index (κ1) is 13.6. The van der Waals surface area contributed by atoms with Crippen molar-refractivity contribution < 1.29 is 19.4 Å². The summed E-state index contributed by atoms with van der Waals surface area (Å²) in [6.07, 6.45) is 3.68. The van der Waals surface area contributed by atoms with E-state index in [-0.39, 0.29) is 13.2 Å². The van der Waals surface area contributed by atoms with Crippen LogP contribution in [-0.4, -0.2) is 27.3 Å². The monoisotopic (exact) mass is 380 g/mol. The minimum atomic E-state index is -0.844. The molecular weight excluding hydrogens is 372 g/mol. The molecule has 0 atom stereocenters. The molecule has 0 saturated heterocycles. The van der Waals surface area contributed by atoms with Crippen molar-refractivity contribution in [3.63, 3.8) is 0 Å². The molecule has 0 saturated carbocycles. The van der Waals surface area contributed by atoms with Crippen molar-refractivity contribution in [1.82, 2.24) is 9.38 Å². The summed E-state index contributed by atoms with van der Waals surface area (Å²) in [7, 11) is 0. The van der Waals surface area contributed by atoms with Crippen LogP contribution in [0.15, 0.2) is 29.0 Å². The Balaban J connectivity index is 1.75. The van der Waals surface area contributed by atoms with E-state index in [1.54, 1.807) is 6.20 Å². The van der Waals surface area contributed by atoms with E-state index in [0.717, 1.165) is 25.6 Å². The maximum Gasteiger partial charge on any atom is 0.308 e. The van der Waals surface area contributed by atoms with Crippen LogP contribution in [0.3, 0.4) is 0 Å². The fraction of sp³-hybridized carbons (Fsp3) is 0.143. The second-order valence-corrected chi connectivity index (χ2v) is 6.72. The van der Waals surface area contributed by atoms with Gasteiger partial charge in [-0.2, -0.15) is 0 Å². The number of thiazole rings is 1. The van der Waals surface area contributed by atoms with Crippen LogP contribution in [0.5, 0.6) is 11.5 Å². The number of aromatic nitrogens is 2. The average Bonchev–Trinajstić information content (AvgIpc) is 3.10. The highest BCUT2D eigenvalue weighted by Crippen LogP contribution is 2.41. The van der Waals surface area contributed by atoms with Crippen molar-refractivity contribution in [2.45, 2.75) is 6.42 Å². The number of rotatable bonds is 3. The lowest BCUT2D eigenvalue weighted by atomic mass is 10.1. The number of benzene rings is 1. The van der Waals surface area contributed by atoms with Gasteiger partial charge in [0.1, 0.15) is 0 Å². The predicted molar refractivity (Wildman–Crippen MR) is 83.7 cm³/mol. The lowest BCUT2D eigenvalue weighted by Gasteiger charge is -2.03. The van der Waals surface area contributed by atoms with E-state index in [0.29, 0.717) is 11.5 Å². The number of ether oxygens (including phenoxy) is 2. The van der Waals surface area contributed by atoms with E-state index in [4.69, 9.17) is 14.6 Å². The molecule has 2 aromatic heterocycles. The van der Waals surface area contributed by atoms with E-state index in [1.165, 1.54) is 11.3 Å². The first-order valence-corrected chi connectivity index (χ1v) is 8.00. The average molecular weight is 381 g/mol. The highest BCUT2D eigenvalue weighted by molar-refractivity contribution is 9.10. The molecule has 0 spiro atoms. The molecule has 112 valence electrons. The minimum Gasteiger partial charge on any atom is -0.481 e. The molecule has 1 aromatic carbocycles. The molecular formula is C14H9BrN2O4S. The number of aliphatic carboxylic acids is 1. The fourth-order valence-corrected chi connectivity index (χ4v) is 3.79. The summed E-state index contributed by atoms with van der Waals surface area (Å²) in [5.41, 5.74) is 1.69. The third-order valence-corrected chi connectivity index (χ3v) is 4.92. The van der Waals surface area contributed by atoms with E-state index in [2.05, 4.69) is 20.9 Å². The Kier molecular flexibility index (Phi) is 3.08. The van der Waals surface area contributed by atoms with Crippen molar-refractivity contribution >= 4 is 38.2 Å². The maximum absolute atomic E-state index is 10.8. The quantitative estimate of drug-likeness (QED) is 0.755. The van der Waals surface area contributed by atoms with E-state index >= 15 is 0 Å². The van der Waals surface area contributed by atoms with Crippen molar-refractivity contribution in [2.24, 2.45) is 0 Å². The van der Waals surface area contributed by atoms with Gasteiger partial charge in [-0.05, 0) is 28.1 Å². The molecule has 22 heavy (non-hydrogen) atoms. The number of fused-ring (bicyclic) bond motifs is 2. The van der Waals surface area contributed by atoms with E-state index in [1.807, 2.05) is 22.7 Å². The van der Waals surface area contributed by atoms with Gasteiger partial charge in [0, 0.05) is 27.3 Å². The number of carboxylic acid groups (broad SMARTS) is 1. The van der Waals surface area contributed by atoms with Crippen LogP contribution in [-0.2, 0) is 11.2 Å². The number of carbonyl (C=O) groups is 1. The number of hydrogen-bond acceptors (Lipinski definition) is 5. The lowest BCUT2D eigenvalue weighted by molar-refractivity contribution is -0.136. The topological polar surface area (TPSA) is 73.1 Å². The van der Waals surface area contributed by atoms with Crippen LogP contribution < -0.4 is 9.47 Å². The maximum atomic E-state index is 10.8. The molecule has 0 radical (unpaired) electrons. The van der Waals surface area contributed by atoms with Crippen molar-refractivity contribution in [2.75, 3.05) is 6.79 Å². The molecule has 1 N–H and O–H groups in total. The van der Waals surface area contributed by atoms with Gasteiger partial charge in [0.05, 0.1) is 12.1 Å². The Hall–Kier alpha value is -2.06. The highest BCUT2D eigenvalue weighted by atomic mass is 79.9. The van der Waals surface area contributed by atoms with E-state index in [9.17, 15) is 4.79 Å². The molecule has 0 bridgehead atoms. The van der Waals surface area contributed by atoms with Gasteiger partial charge in [-0.3, -0.25) is 9.20 Å². The molecule has 0 unspecified atom stereocenters. The standard InChI is InChI=1S/C14H9BrN2O4S/c15-9-3-12-11(20-6-21-12)2-8(9)10-5-17-4-7(1-13(18)19)22-14(17)16-10/h2-5H,1,6H2,(H,18,19). The van der Waals surface area contributed by atoms with Crippen LogP contribution >= 0.6 is 27.3 Å². The van der Waals surface area contributed by atoms with Crippen molar-refractivity contribution in [1.29, 1.82) is 0 Å². The zero-order valence-electron chi connectivity index (χ0n) is 11.1. The largest absolute Gasteiger partial charge is 0.481 e. The normalized spacial score (nSPS) is 13.0. The van der Waals surface area contributed by atoms with Crippen LogP contribution in [0, 0.1) is 0 Å². The SMILES string of the molecule is O=C(O)Cc1cn2cc(-c3cc4c(cc3Br)OCO4)nc2s1. The summed E-state index contributed by atoms with van der Waals surface area (Å²) in [6, 6.07) is 3.75. The third-order valence-electron chi connectivity index (χ3n) is 3.27. The smallest absolute Gasteiger partial charge is 0.308 e. The van der Waals surface area contributed by atoms with Gasteiger partial charge < -0.3 is 14.6 Å². The van der Waals surface area contributed by atoms with Crippen LogP contribution in [0.25, 0.3) is 16.2 Å². The van der Waals surface area contributed by atoms with Gasteiger partial charge in [-0.1, -0.05) is 0 Å². The summed E-state index contributed by atoms with van der Waals surface area (Å²) in [5.74, 6) is 0.560. The van der Waals surface area contributed by atoms with Gasteiger partial charge in [-0.25, -0.2) is 4.98 Å². The molecule has 1 aliphatic rings. The van der Waals surface area contributed by atoms with E-state index < -0.39 is 5.97 Å². The first-order valence-electron chi connectivity index (χ1n) is 6.39. The molecule has 0 aliphatic carbocycles. The first-order chi connectivity index (χ1) is 10.6. The Labute approximate surface area is 137 Å². The van der Waals surface area contributed by atoms with Gasteiger partial charge in [0.25, 0.3) is 0 Å². The predicted octanol–water partition coefficient (Wildman–Crippen LogP) is 3.18. The Morgan fingerprint density at radius 1 is 1.36 bits per heavy atom. The van der Waals surface area contributed by atoms with Crippen LogP contribution in [0.4, 0.5) is 0 Å². The van der Waals surface area contributed by atoms with Gasteiger partial charge in [-0.15, -0.1) is 11.3 Å². The second-order valence-electron chi connectivity index (χ2n) is 4.77. The minimum absolute atomic E-state index is 0.0110. The third kappa shape index (κ3) is 2.24.